The van der Waals surface area contributed by atoms with E-state index in [0.717, 1.165) is 11.1 Å². The van der Waals surface area contributed by atoms with E-state index in [4.69, 9.17) is 5.11 Å². The first-order valence-corrected chi connectivity index (χ1v) is 6.23. The molecule has 3 nitrogen and oxygen atoms in total. The highest BCUT2D eigenvalue weighted by atomic mass is 16.4. The van der Waals surface area contributed by atoms with Crippen molar-refractivity contribution in [2.24, 2.45) is 0 Å². The minimum Gasteiger partial charge on any atom is -0.478 e. The summed E-state index contributed by atoms with van der Waals surface area (Å²) in [6.07, 6.45) is 0. The summed E-state index contributed by atoms with van der Waals surface area (Å²) >= 11 is 0. The van der Waals surface area contributed by atoms with Crippen LogP contribution in [0.4, 0.5) is 0 Å². The fraction of sp³-hybridized carbons (Fsp3) is 0.188. The van der Waals surface area contributed by atoms with E-state index in [2.05, 4.69) is 24.4 Å². The molecule has 98 valence electrons. The molecule has 1 atom stereocenters. The number of hydrogen-bond acceptors (Lipinski definition) is 2. The van der Waals surface area contributed by atoms with Crippen molar-refractivity contribution in [3.63, 3.8) is 0 Å². The molecule has 2 rings (SSSR count). The minimum atomic E-state index is -0.901. The number of nitrogens with one attached hydrogen (secondary N) is 1. The van der Waals surface area contributed by atoms with Crippen LogP contribution in [0.2, 0.25) is 0 Å². The number of rotatable bonds is 4. The Morgan fingerprint density at radius 3 is 2.37 bits per heavy atom. The van der Waals surface area contributed by atoms with Crippen molar-refractivity contribution in [1.29, 1.82) is 0 Å². The number of aromatic carboxylic acids is 1. The molecule has 19 heavy (non-hydrogen) atoms. The first-order valence-electron chi connectivity index (χ1n) is 6.23. The second-order valence-electron chi connectivity index (χ2n) is 4.52. The Labute approximate surface area is 112 Å². The van der Waals surface area contributed by atoms with Crippen LogP contribution in [0, 0.1) is 0 Å². The molecule has 0 aliphatic rings. The molecule has 1 unspecified atom stereocenters. The fourth-order valence-electron chi connectivity index (χ4n) is 1.99. The van der Waals surface area contributed by atoms with Crippen LogP contribution < -0.4 is 5.32 Å². The Balaban J connectivity index is 2.41. The van der Waals surface area contributed by atoms with E-state index in [0.29, 0.717) is 5.56 Å². The maximum Gasteiger partial charge on any atom is 0.335 e. The van der Waals surface area contributed by atoms with Crippen molar-refractivity contribution < 1.29 is 9.90 Å². The molecule has 0 aliphatic heterocycles. The lowest BCUT2D eigenvalue weighted by Gasteiger charge is -2.12. The second-order valence-corrected chi connectivity index (χ2v) is 4.52. The van der Waals surface area contributed by atoms with Gasteiger partial charge < -0.3 is 10.4 Å². The topological polar surface area (TPSA) is 49.3 Å². The van der Waals surface area contributed by atoms with Crippen molar-refractivity contribution in [3.05, 3.63) is 59.7 Å². The lowest BCUT2D eigenvalue weighted by Crippen LogP contribution is -2.12. The van der Waals surface area contributed by atoms with Crippen molar-refractivity contribution in [2.45, 2.75) is 13.0 Å². The van der Waals surface area contributed by atoms with Gasteiger partial charge in [0.05, 0.1) is 5.56 Å². The van der Waals surface area contributed by atoms with Gasteiger partial charge in [0, 0.05) is 6.04 Å². The van der Waals surface area contributed by atoms with Crippen LogP contribution in [-0.2, 0) is 0 Å². The smallest absolute Gasteiger partial charge is 0.335 e. The van der Waals surface area contributed by atoms with Gasteiger partial charge >= 0.3 is 5.97 Å². The first kappa shape index (κ1) is 13.3. The van der Waals surface area contributed by atoms with Gasteiger partial charge in [0.15, 0.2) is 0 Å². The largest absolute Gasteiger partial charge is 0.478 e. The molecule has 0 amide bonds. The van der Waals surface area contributed by atoms with Gasteiger partial charge in [-0.15, -0.1) is 0 Å². The molecule has 0 bridgehead atoms. The van der Waals surface area contributed by atoms with Crippen molar-refractivity contribution in [1.82, 2.24) is 5.32 Å². The molecule has 2 N–H and O–H groups in total. The number of hydrogen-bond donors (Lipinski definition) is 2. The van der Waals surface area contributed by atoms with Crippen LogP contribution in [0.25, 0.3) is 11.1 Å². The maximum atomic E-state index is 11.0. The molecule has 0 aliphatic carbocycles. The van der Waals surface area contributed by atoms with Gasteiger partial charge in [0.2, 0.25) is 0 Å². The quantitative estimate of drug-likeness (QED) is 0.881. The lowest BCUT2D eigenvalue weighted by molar-refractivity contribution is 0.0697. The minimum absolute atomic E-state index is 0.266. The zero-order valence-electron chi connectivity index (χ0n) is 11.1. The van der Waals surface area contributed by atoms with E-state index < -0.39 is 5.97 Å². The molecule has 2 aromatic carbocycles. The van der Waals surface area contributed by atoms with Gasteiger partial charge in [-0.3, -0.25) is 0 Å². The SMILES string of the molecule is CNC(C)c1cccc(-c2cccc(C(=O)O)c2)c1. The van der Waals surface area contributed by atoms with Gasteiger partial charge in [-0.1, -0.05) is 30.3 Å². The highest BCUT2D eigenvalue weighted by Gasteiger charge is 2.07. The van der Waals surface area contributed by atoms with E-state index in [-0.39, 0.29) is 6.04 Å². The summed E-state index contributed by atoms with van der Waals surface area (Å²) in [6.45, 7) is 2.09. The van der Waals surface area contributed by atoms with Crippen LogP contribution in [0.5, 0.6) is 0 Å². The maximum absolute atomic E-state index is 11.0. The van der Waals surface area contributed by atoms with Crippen LogP contribution in [-0.4, -0.2) is 18.1 Å². The van der Waals surface area contributed by atoms with Gasteiger partial charge in [0.25, 0.3) is 0 Å². The molecule has 0 radical (unpaired) electrons. The van der Waals surface area contributed by atoms with Crippen molar-refractivity contribution in [3.8, 4) is 11.1 Å². The Bertz CT molecular complexity index is 593. The number of carboxylic acid groups (broad SMARTS) is 1. The third-order valence-electron chi connectivity index (χ3n) is 3.26. The molecule has 3 heteroatoms. The second kappa shape index (κ2) is 5.67. The monoisotopic (exact) mass is 255 g/mol. The number of carboxylic acids is 1. The summed E-state index contributed by atoms with van der Waals surface area (Å²) in [5, 5.41) is 12.2. The molecule has 0 aromatic heterocycles. The van der Waals surface area contributed by atoms with Crippen LogP contribution in [0.3, 0.4) is 0 Å². The Kier molecular flexibility index (Phi) is 3.97. The van der Waals surface area contributed by atoms with E-state index >= 15 is 0 Å². The first-order chi connectivity index (χ1) is 9.11. The normalized spacial score (nSPS) is 12.1. The molecular formula is C16H17NO2. The van der Waals surface area contributed by atoms with Crippen LogP contribution in [0.1, 0.15) is 28.9 Å². The third kappa shape index (κ3) is 3.01. The van der Waals surface area contributed by atoms with Gasteiger partial charge in [-0.05, 0) is 48.9 Å². The predicted molar refractivity (Wildman–Crippen MR) is 76.3 cm³/mol. The summed E-state index contributed by atoms with van der Waals surface area (Å²) in [4.78, 5) is 11.0. The summed E-state index contributed by atoms with van der Waals surface area (Å²) in [7, 11) is 1.92. The van der Waals surface area contributed by atoms with Gasteiger partial charge in [0.1, 0.15) is 0 Å². The molecule has 0 spiro atoms. The predicted octanol–water partition coefficient (Wildman–Crippen LogP) is 3.33. The lowest BCUT2D eigenvalue weighted by atomic mass is 9.99. The number of benzene rings is 2. The summed E-state index contributed by atoms with van der Waals surface area (Å²) in [6, 6.07) is 15.4. The van der Waals surface area contributed by atoms with Gasteiger partial charge in [-0.25, -0.2) is 4.79 Å². The van der Waals surface area contributed by atoms with E-state index in [9.17, 15) is 4.79 Å². The molecule has 0 heterocycles. The molecular weight excluding hydrogens is 238 g/mol. The van der Waals surface area contributed by atoms with E-state index in [1.54, 1.807) is 18.2 Å². The Hall–Kier alpha value is -2.13. The molecule has 0 fully saturated rings. The van der Waals surface area contributed by atoms with Gasteiger partial charge in [-0.2, -0.15) is 0 Å². The standard InChI is InChI=1S/C16H17NO2/c1-11(17-2)12-5-3-6-13(9-12)14-7-4-8-15(10-14)16(18)19/h3-11,17H,1-2H3,(H,18,19). The highest BCUT2D eigenvalue weighted by molar-refractivity contribution is 5.89. The zero-order valence-corrected chi connectivity index (χ0v) is 11.1. The van der Waals surface area contributed by atoms with Crippen LogP contribution >= 0.6 is 0 Å². The van der Waals surface area contributed by atoms with Crippen molar-refractivity contribution >= 4 is 5.97 Å². The Morgan fingerprint density at radius 2 is 1.74 bits per heavy atom. The Morgan fingerprint density at radius 1 is 1.11 bits per heavy atom. The van der Waals surface area contributed by atoms with Crippen molar-refractivity contribution in [2.75, 3.05) is 7.05 Å². The fourth-order valence-corrected chi connectivity index (χ4v) is 1.99. The molecule has 2 aromatic rings. The third-order valence-corrected chi connectivity index (χ3v) is 3.26. The van der Waals surface area contributed by atoms with Crippen LogP contribution in [0.15, 0.2) is 48.5 Å². The highest BCUT2D eigenvalue weighted by Crippen LogP contribution is 2.24. The van der Waals surface area contributed by atoms with E-state index in [1.807, 2.05) is 25.2 Å². The zero-order chi connectivity index (χ0) is 13.8. The van der Waals surface area contributed by atoms with E-state index in [1.165, 1.54) is 5.56 Å². The summed E-state index contributed by atoms with van der Waals surface area (Å²) in [5.74, 6) is -0.901. The summed E-state index contributed by atoms with van der Waals surface area (Å²) in [5.41, 5.74) is 3.44. The number of carbonyl (C=O) groups is 1. The average molecular weight is 255 g/mol. The average Bonchev–Trinajstić information content (AvgIpc) is 2.46. The summed E-state index contributed by atoms with van der Waals surface area (Å²) < 4.78 is 0. The molecule has 0 saturated carbocycles. The molecule has 0 saturated heterocycles.